The van der Waals surface area contributed by atoms with E-state index >= 15 is 0 Å². The van der Waals surface area contributed by atoms with Crippen LogP contribution >= 0.6 is 0 Å². The second-order valence-corrected chi connectivity index (χ2v) is 10.5. The zero-order valence-electron chi connectivity index (χ0n) is 24.1. The molecule has 0 amide bonds. The summed E-state index contributed by atoms with van der Waals surface area (Å²) >= 11 is 0. The molecule has 0 bridgehead atoms. The lowest BCUT2D eigenvalue weighted by Crippen LogP contribution is -2.03. The van der Waals surface area contributed by atoms with Gasteiger partial charge >= 0.3 is 0 Å². The van der Waals surface area contributed by atoms with E-state index in [0.717, 1.165) is 37.1 Å². The number of hydrogen-bond acceptors (Lipinski definition) is 4. The van der Waals surface area contributed by atoms with Crippen LogP contribution in [0.3, 0.4) is 0 Å². The SMILES string of the molecule is C=C(C)C(=O)CCCOCCCc1ccc(/N=N\c2ccc(CCCCCCCCCCCC)cc2)cc1. The Morgan fingerprint density at radius 3 is 1.61 bits per heavy atom. The Kier molecular flexibility index (Phi) is 17.0. The molecular formula is C34H50N2O2. The van der Waals surface area contributed by atoms with E-state index in [9.17, 15) is 4.79 Å². The van der Waals surface area contributed by atoms with E-state index in [-0.39, 0.29) is 5.78 Å². The maximum Gasteiger partial charge on any atom is 0.158 e. The van der Waals surface area contributed by atoms with Crippen molar-refractivity contribution in [2.75, 3.05) is 13.2 Å². The third-order valence-electron chi connectivity index (χ3n) is 6.90. The van der Waals surface area contributed by atoms with Crippen LogP contribution in [-0.4, -0.2) is 19.0 Å². The van der Waals surface area contributed by atoms with Gasteiger partial charge in [0.1, 0.15) is 0 Å². The van der Waals surface area contributed by atoms with Crippen LogP contribution in [0.1, 0.15) is 108 Å². The van der Waals surface area contributed by atoms with Crippen molar-refractivity contribution in [2.45, 2.75) is 110 Å². The van der Waals surface area contributed by atoms with Crippen LogP contribution in [0.4, 0.5) is 11.4 Å². The quantitative estimate of drug-likeness (QED) is 0.0884. The largest absolute Gasteiger partial charge is 0.381 e. The fourth-order valence-corrected chi connectivity index (χ4v) is 4.42. The van der Waals surface area contributed by atoms with Gasteiger partial charge in [0, 0.05) is 19.6 Å². The van der Waals surface area contributed by atoms with Crippen LogP contribution in [0.15, 0.2) is 70.9 Å². The monoisotopic (exact) mass is 518 g/mol. The Labute approximate surface area is 232 Å². The van der Waals surface area contributed by atoms with Crippen LogP contribution in [0.5, 0.6) is 0 Å². The van der Waals surface area contributed by atoms with Crippen molar-refractivity contribution in [2.24, 2.45) is 10.2 Å². The molecule has 0 spiro atoms. The molecule has 4 heteroatoms. The predicted octanol–water partition coefficient (Wildman–Crippen LogP) is 10.4. The summed E-state index contributed by atoms with van der Waals surface area (Å²) in [7, 11) is 0. The minimum absolute atomic E-state index is 0.127. The van der Waals surface area contributed by atoms with Crippen molar-refractivity contribution in [3.8, 4) is 0 Å². The Balaban J connectivity index is 1.56. The van der Waals surface area contributed by atoms with E-state index in [4.69, 9.17) is 4.74 Å². The zero-order chi connectivity index (χ0) is 27.3. The number of carbonyl (C=O) groups excluding carboxylic acids is 1. The van der Waals surface area contributed by atoms with E-state index in [2.05, 4.69) is 60.1 Å². The highest BCUT2D eigenvalue weighted by Gasteiger charge is 2.02. The van der Waals surface area contributed by atoms with E-state index in [1.807, 2.05) is 12.1 Å². The summed E-state index contributed by atoms with van der Waals surface area (Å²) < 4.78 is 5.64. The minimum atomic E-state index is 0.127. The summed E-state index contributed by atoms with van der Waals surface area (Å²) in [6.07, 6.45) is 18.1. The summed E-state index contributed by atoms with van der Waals surface area (Å²) in [4.78, 5) is 11.5. The number of carbonyl (C=O) groups is 1. The molecule has 208 valence electrons. The minimum Gasteiger partial charge on any atom is -0.381 e. The lowest BCUT2D eigenvalue weighted by Gasteiger charge is -2.05. The van der Waals surface area contributed by atoms with Gasteiger partial charge in [-0.1, -0.05) is 95.6 Å². The van der Waals surface area contributed by atoms with Crippen molar-refractivity contribution in [3.05, 3.63) is 71.8 Å². The van der Waals surface area contributed by atoms with Crippen LogP contribution in [0.25, 0.3) is 0 Å². The molecule has 2 aromatic rings. The average Bonchev–Trinajstić information content (AvgIpc) is 2.93. The maximum atomic E-state index is 11.5. The van der Waals surface area contributed by atoms with Crippen LogP contribution < -0.4 is 0 Å². The summed E-state index contributed by atoms with van der Waals surface area (Å²) in [6, 6.07) is 16.8. The first kappa shape index (κ1) is 31.6. The van der Waals surface area contributed by atoms with Crippen LogP contribution in [0, 0.1) is 0 Å². The number of ether oxygens (including phenoxy) is 1. The predicted molar refractivity (Wildman–Crippen MR) is 161 cm³/mol. The van der Waals surface area contributed by atoms with Gasteiger partial charge in [0.25, 0.3) is 0 Å². The molecule has 38 heavy (non-hydrogen) atoms. The van der Waals surface area contributed by atoms with Gasteiger partial charge < -0.3 is 4.74 Å². The van der Waals surface area contributed by atoms with Crippen molar-refractivity contribution >= 4 is 17.2 Å². The number of nitrogens with zero attached hydrogens (tertiary/aromatic N) is 2. The topological polar surface area (TPSA) is 51.0 Å². The van der Waals surface area contributed by atoms with E-state index in [0.29, 0.717) is 25.2 Å². The number of benzene rings is 2. The molecule has 0 saturated carbocycles. The third kappa shape index (κ3) is 15.0. The molecule has 0 N–H and O–H groups in total. The normalized spacial score (nSPS) is 11.3. The first-order chi connectivity index (χ1) is 18.6. The lowest BCUT2D eigenvalue weighted by molar-refractivity contribution is -0.115. The van der Waals surface area contributed by atoms with Crippen molar-refractivity contribution < 1.29 is 9.53 Å². The van der Waals surface area contributed by atoms with Crippen molar-refractivity contribution in [1.82, 2.24) is 0 Å². The Morgan fingerprint density at radius 2 is 1.11 bits per heavy atom. The molecule has 0 saturated heterocycles. The van der Waals surface area contributed by atoms with Gasteiger partial charge in [-0.15, -0.1) is 0 Å². The number of allylic oxidation sites excluding steroid dienone is 1. The zero-order valence-corrected chi connectivity index (χ0v) is 24.1. The Morgan fingerprint density at radius 1 is 0.658 bits per heavy atom. The fourth-order valence-electron chi connectivity index (χ4n) is 4.42. The second kappa shape index (κ2) is 20.4. The van der Waals surface area contributed by atoms with Gasteiger partial charge in [-0.05, 0) is 80.0 Å². The molecule has 0 unspecified atom stereocenters. The molecule has 0 fully saturated rings. The number of hydrogen-bond donors (Lipinski definition) is 0. The smallest absolute Gasteiger partial charge is 0.158 e. The Bertz CT molecular complexity index is 932. The first-order valence-electron chi connectivity index (χ1n) is 14.9. The number of ketones is 1. The van der Waals surface area contributed by atoms with Gasteiger partial charge in [0.05, 0.1) is 11.4 Å². The van der Waals surface area contributed by atoms with E-state index in [1.165, 1.54) is 75.3 Å². The highest BCUT2D eigenvalue weighted by Crippen LogP contribution is 2.21. The number of Topliss-reactive ketones (excluding diaryl/α,β-unsaturated/α-hetero) is 1. The number of rotatable bonds is 22. The van der Waals surface area contributed by atoms with Crippen molar-refractivity contribution in [3.63, 3.8) is 0 Å². The Hall–Kier alpha value is -2.59. The summed E-state index contributed by atoms with van der Waals surface area (Å²) in [5.74, 6) is 0.127. The summed E-state index contributed by atoms with van der Waals surface area (Å²) in [6.45, 7) is 9.04. The molecular weight excluding hydrogens is 468 g/mol. The van der Waals surface area contributed by atoms with Gasteiger partial charge in [-0.2, -0.15) is 10.2 Å². The first-order valence-corrected chi connectivity index (χ1v) is 14.9. The standard InChI is InChI=1S/C34H50N2O2/c1-4-5-6-7-8-9-10-11-12-13-16-30-19-23-32(24-20-30)35-36-33-25-21-31(22-26-33)17-14-27-38-28-15-18-34(37)29(2)3/h19-26H,2,4-18,27-28H2,1,3H3/b36-35-. The molecule has 2 aromatic carbocycles. The lowest BCUT2D eigenvalue weighted by atomic mass is 10.0. The molecule has 0 aliphatic heterocycles. The average molecular weight is 519 g/mol. The van der Waals surface area contributed by atoms with E-state index < -0.39 is 0 Å². The molecule has 0 radical (unpaired) electrons. The molecule has 0 aliphatic carbocycles. The van der Waals surface area contributed by atoms with Gasteiger partial charge in [0.15, 0.2) is 5.78 Å². The molecule has 4 nitrogen and oxygen atoms in total. The summed E-state index contributed by atoms with van der Waals surface area (Å²) in [5, 5.41) is 8.80. The van der Waals surface area contributed by atoms with E-state index in [1.54, 1.807) is 6.92 Å². The van der Waals surface area contributed by atoms with Gasteiger partial charge in [0.2, 0.25) is 0 Å². The summed E-state index contributed by atoms with van der Waals surface area (Å²) in [5.41, 5.74) is 5.03. The molecule has 0 aliphatic rings. The molecule has 2 rings (SSSR count). The number of aryl methyl sites for hydroxylation is 2. The highest BCUT2D eigenvalue weighted by molar-refractivity contribution is 5.93. The molecule has 0 heterocycles. The van der Waals surface area contributed by atoms with Gasteiger partial charge in [-0.3, -0.25) is 4.79 Å². The maximum absolute atomic E-state index is 11.5. The number of azo groups is 1. The second-order valence-electron chi connectivity index (χ2n) is 10.5. The fraction of sp³-hybridized carbons (Fsp3) is 0.559. The van der Waals surface area contributed by atoms with Crippen LogP contribution in [-0.2, 0) is 22.4 Å². The van der Waals surface area contributed by atoms with Gasteiger partial charge in [-0.25, -0.2) is 0 Å². The highest BCUT2D eigenvalue weighted by atomic mass is 16.5. The molecule has 0 atom stereocenters. The van der Waals surface area contributed by atoms with Crippen molar-refractivity contribution in [1.29, 1.82) is 0 Å². The molecule has 0 aromatic heterocycles. The number of unbranched alkanes of at least 4 members (excludes halogenated alkanes) is 9. The third-order valence-corrected chi connectivity index (χ3v) is 6.90. The van der Waals surface area contributed by atoms with Crippen LogP contribution in [0.2, 0.25) is 0 Å².